The summed E-state index contributed by atoms with van der Waals surface area (Å²) < 4.78 is 5.26. The first-order valence-corrected chi connectivity index (χ1v) is 5.30. The normalized spacial score (nSPS) is 20.3. The van der Waals surface area contributed by atoms with Crippen molar-refractivity contribution in [2.75, 3.05) is 32.0 Å². The average molecular weight is 238 g/mol. The topological polar surface area (TPSA) is 102 Å². The molecule has 7 nitrogen and oxygen atoms in total. The van der Waals surface area contributed by atoms with Crippen molar-refractivity contribution in [3.63, 3.8) is 0 Å². The van der Waals surface area contributed by atoms with Gasteiger partial charge in [-0.1, -0.05) is 0 Å². The fourth-order valence-corrected chi connectivity index (χ4v) is 1.66. The summed E-state index contributed by atoms with van der Waals surface area (Å²) in [5, 5.41) is 8.99. The van der Waals surface area contributed by atoms with Crippen LogP contribution < -0.4 is 5.73 Å². The van der Waals surface area contributed by atoms with Crippen LogP contribution in [-0.4, -0.2) is 58.3 Å². The van der Waals surface area contributed by atoms with Crippen LogP contribution in [0.1, 0.15) is 10.5 Å². The SMILES string of the molecule is Nc1cncc(C(=O)N2CCOC(CO)C2)n1. The Morgan fingerprint density at radius 1 is 1.65 bits per heavy atom. The Balaban J connectivity index is 2.09. The highest BCUT2D eigenvalue weighted by Crippen LogP contribution is 2.09. The Morgan fingerprint density at radius 3 is 3.18 bits per heavy atom. The van der Waals surface area contributed by atoms with Gasteiger partial charge >= 0.3 is 0 Å². The van der Waals surface area contributed by atoms with E-state index in [0.29, 0.717) is 19.7 Å². The second kappa shape index (κ2) is 5.07. The molecule has 1 atom stereocenters. The maximum Gasteiger partial charge on any atom is 0.274 e. The van der Waals surface area contributed by atoms with E-state index < -0.39 is 0 Å². The zero-order valence-electron chi connectivity index (χ0n) is 9.24. The van der Waals surface area contributed by atoms with E-state index in [2.05, 4.69) is 9.97 Å². The Kier molecular flexibility index (Phi) is 3.50. The van der Waals surface area contributed by atoms with E-state index in [-0.39, 0.29) is 30.1 Å². The predicted molar refractivity (Wildman–Crippen MR) is 59.2 cm³/mol. The molecule has 17 heavy (non-hydrogen) atoms. The lowest BCUT2D eigenvalue weighted by molar-refractivity contribution is -0.0448. The molecule has 1 aliphatic heterocycles. The number of aliphatic hydroxyl groups is 1. The molecule has 1 unspecified atom stereocenters. The van der Waals surface area contributed by atoms with Crippen LogP contribution in [0.15, 0.2) is 12.4 Å². The zero-order valence-corrected chi connectivity index (χ0v) is 9.24. The first-order valence-electron chi connectivity index (χ1n) is 5.30. The molecule has 2 rings (SSSR count). The number of carbonyl (C=O) groups is 1. The molecular weight excluding hydrogens is 224 g/mol. The quantitative estimate of drug-likeness (QED) is 0.677. The van der Waals surface area contributed by atoms with Crippen LogP contribution >= 0.6 is 0 Å². The largest absolute Gasteiger partial charge is 0.394 e. The molecule has 1 aromatic rings. The molecule has 1 aliphatic rings. The van der Waals surface area contributed by atoms with Crippen LogP contribution in [0.3, 0.4) is 0 Å². The van der Waals surface area contributed by atoms with Gasteiger partial charge in [-0.15, -0.1) is 0 Å². The molecule has 3 N–H and O–H groups in total. The van der Waals surface area contributed by atoms with Crippen molar-refractivity contribution in [3.8, 4) is 0 Å². The van der Waals surface area contributed by atoms with Crippen molar-refractivity contribution in [1.29, 1.82) is 0 Å². The summed E-state index contributed by atoms with van der Waals surface area (Å²) in [5.74, 6) is -0.0330. The van der Waals surface area contributed by atoms with Crippen molar-refractivity contribution in [1.82, 2.24) is 14.9 Å². The first kappa shape index (κ1) is 11.7. The fraction of sp³-hybridized carbons (Fsp3) is 0.500. The number of rotatable bonds is 2. The van der Waals surface area contributed by atoms with Crippen molar-refractivity contribution < 1.29 is 14.6 Å². The summed E-state index contributed by atoms with van der Waals surface area (Å²) in [6.07, 6.45) is 2.43. The predicted octanol–water partition coefficient (Wildman–Crippen LogP) is -1.11. The van der Waals surface area contributed by atoms with Gasteiger partial charge in [-0.25, -0.2) is 4.98 Å². The van der Waals surface area contributed by atoms with Gasteiger partial charge < -0.3 is 20.5 Å². The standard InChI is InChI=1S/C10H14N4O3/c11-9-4-12-3-8(13-9)10(16)14-1-2-17-7(5-14)6-15/h3-4,7,15H,1-2,5-6H2,(H2,11,13). The van der Waals surface area contributed by atoms with E-state index in [1.807, 2.05) is 0 Å². The average Bonchev–Trinajstić information content (AvgIpc) is 2.38. The van der Waals surface area contributed by atoms with E-state index >= 15 is 0 Å². The Hall–Kier alpha value is -1.73. The number of nitrogen functional groups attached to an aromatic ring is 1. The van der Waals surface area contributed by atoms with Crippen LogP contribution in [0.5, 0.6) is 0 Å². The van der Waals surface area contributed by atoms with Crippen LogP contribution in [0.4, 0.5) is 5.82 Å². The van der Waals surface area contributed by atoms with Crippen LogP contribution in [0.25, 0.3) is 0 Å². The lowest BCUT2D eigenvalue weighted by Crippen LogP contribution is -2.47. The number of hydrogen-bond acceptors (Lipinski definition) is 6. The molecule has 1 saturated heterocycles. The first-order chi connectivity index (χ1) is 8.20. The number of nitrogens with zero attached hydrogens (tertiary/aromatic N) is 3. The Labute approximate surface area is 98.2 Å². The van der Waals surface area contributed by atoms with E-state index in [9.17, 15) is 4.79 Å². The van der Waals surface area contributed by atoms with E-state index in [0.717, 1.165) is 0 Å². The number of ether oxygens (including phenoxy) is 1. The molecule has 1 fully saturated rings. The molecule has 1 amide bonds. The Morgan fingerprint density at radius 2 is 2.47 bits per heavy atom. The summed E-state index contributed by atoms with van der Waals surface area (Å²) in [6, 6.07) is 0. The van der Waals surface area contributed by atoms with Gasteiger partial charge in [0.05, 0.1) is 31.7 Å². The molecule has 1 aromatic heterocycles. The number of nitrogens with two attached hydrogens (primary N) is 1. The molecule has 0 aliphatic carbocycles. The van der Waals surface area contributed by atoms with E-state index in [1.54, 1.807) is 4.90 Å². The summed E-state index contributed by atoms with van der Waals surface area (Å²) in [6.45, 7) is 1.14. The van der Waals surface area contributed by atoms with Crippen molar-refractivity contribution in [2.45, 2.75) is 6.10 Å². The second-order valence-corrected chi connectivity index (χ2v) is 3.76. The monoisotopic (exact) mass is 238 g/mol. The molecule has 0 bridgehead atoms. The molecular formula is C10H14N4O3. The molecule has 7 heteroatoms. The van der Waals surface area contributed by atoms with Gasteiger partial charge in [0.25, 0.3) is 5.91 Å². The summed E-state index contributed by atoms with van der Waals surface area (Å²) >= 11 is 0. The number of carbonyl (C=O) groups excluding carboxylic acids is 1. The van der Waals surface area contributed by atoms with Gasteiger partial charge in [0.15, 0.2) is 0 Å². The van der Waals surface area contributed by atoms with Crippen LogP contribution in [-0.2, 0) is 4.74 Å². The minimum absolute atomic E-state index is 0.105. The number of hydrogen-bond donors (Lipinski definition) is 2. The summed E-state index contributed by atoms with van der Waals surface area (Å²) in [5.41, 5.74) is 5.68. The van der Waals surface area contributed by atoms with Gasteiger partial charge in [0, 0.05) is 13.1 Å². The number of anilines is 1. The van der Waals surface area contributed by atoms with E-state index in [1.165, 1.54) is 12.4 Å². The number of morpholine rings is 1. The third-order valence-corrected chi connectivity index (χ3v) is 2.50. The van der Waals surface area contributed by atoms with E-state index in [4.69, 9.17) is 15.6 Å². The maximum absolute atomic E-state index is 12.0. The molecule has 92 valence electrons. The van der Waals surface area contributed by atoms with Gasteiger partial charge in [-0.3, -0.25) is 9.78 Å². The zero-order chi connectivity index (χ0) is 12.3. The highest BCUT2D eigenvalue weighted by molar-refractivity contribution is 5.92. The minimum atomic E-state index is -0.332. The summed E-state index contributed by atoms with van der Waals surface area (Å²) in [7, 11) is 0. The highest BCUT2D eigenvalue weighted by Gasteiger charge is 2.25. The highest BCUT2D eigenvalue weighted by atomic mass is 16.5. The van der Waals surface area contributed by atoms with Crippen molar-refractivity contribution in [3.05, 3.63) is 18.1 Å². The van der Waals surface area contributed by atoms with Crippen LogP contribution in [0, 0.1) is 0 Å². The lowest BCUT2D eigenvalue weighted by Gasteiger charge is -2.31. The number of amides is 1. The molecule has 0 spiro atoms. The minimum Gasteiger partial charge on any atom is -0.394 e. The third kappa shape index (κ3) is 2.69. The summed E-state index contributed by atoms with van der Waals surface area (Å²) in [4.78, 5) is 21.4. The fourth-order valence-electron chi connectivity index (χ4n) is 1.66. The van der Waals surface area contributed by atoms with Gasteiger partial charge in [0.2, 0.25) is 0 Å². The molecule has 2 heterocycles. The third-order valence-electron chi connectivity index (χ3n) is 2.50. The van der Waals surface area contributed by atoms with Crippen LogP contribution in [0.2, 0.25) is 0 Å². The maximum atomic E-state index is 12.0. The van der Waals surface area contributed by atoms with Gasteiger partial charge in [0.1, 0.15) is 11.5 Å². The molecule has 0 radical (unpaired) electrons. The van der Waals surface area contributed by atoms with Gasteiger partial charge in [-0.2, -0.15) is 0 Å². The lowest BCUT2D eigenvalue weighted by atomic mass is 10.2. The second-order valence-electron chi connectivity index (χ2n) is 3.76. The van der Waals surface area contributed by atoms with Crippen molar-refractivity contribution >= 4 is 11.7 Å². The Bertz CT molecular complexity index is 412. The molecule has 0 aromatic carbocycles. The smallest absolute Gasteiger partial charge is 0.274 e. The molecule has 0 saturated carbocycles. The van der Waals surface area contributed by atoms with Gasteiger partial charge in [-0.05, 0) is 0 Å². The number of aliphatic hydroxyl groups excluding tert-OH is 1. The van der Waals surface area contributed by atoms with Crippen molar-refractivity contribution in [2.24, 2.45) is 0 Å². The number of aromatic nitrogens is 2.